The predicted molar refractivity (Wildman–Crippen MR) is 168 cm³/mol. The van der Waals surface area contributed by atoms with Gasteiger partial charge in [0.15, 0.2) is 12.7 Å². The first-order valence-corrected chi connectivity index (χ1v) is 16.2. The number of nitrogens with one attached hydrogen (secondary N) is 1. The van der Waals surface area contributed by atoms with Gasteiger partial charge in [0.1, 0.15) is 5.75 Å². The molecular weight excluding hydrogens is 514 g/mol. The average molecular weight is 565 g/mol. The molecule has 3 aromatic rings. The van der Waals surface area contributed by atoms with Gasteiger partial charge in [0.25, 0.3) is 0 Å². The van der Waals surface area contributed by atoms with Crippen LogP contribution < -0.4 is 19.5 Å². The number of carbonyl (C=O) groups excluding carboxylic acids is 1. The van der Waals surface area contributed by atoms with Crippen molar-refractivity contribution in [3.05, 3.63) is 76.2 Å². The lowest BCUT2D eigenvalue weighted by atomic mass is 10.1. The van der Waals surface area contributed by atoms with Gasteiger partial charge in [-0.1, -0.05) is 113 Å². The number of anilines is 1. The van der Waals surface area contributed by atoms with E-state index < -0.39 is 0 Å². The molecule has 0 saturated carbocycles. The fraction of sp³-hybridized carbons (Fsp3) is 0.529. The van der Waals surface area contributed by atoms with Crippen LogP contribution in [0, 0.1) is 6.92 Å². The van der Waals surface area contributed by atoms with Gasteiger partial charge < -0.3 is 10.1 Å². The number of aryl methyl sites for hydroxylation is 1. The van der Waals surface area contributed by atoms with E-state index in [1.165, 1.54) is 81.1 Å². The second kappa shape index (κ2) is 18.5. The summed E-state index contributed by atoms with van der Waals surface area (Å²) in [6.45, 7) is 6.43. The van der Waals surface area contributed by atoms with Crippen LogP contribution in [0.2, 0.25) is 0 Å². The van der Waals surface area contributed by atoms with Crippen molar-refractivity contribution in [2.75, 3.05) is 18.6 Å². The molecule has 218 valence electrons. The summed E-state index contributed by atoms with van der Waals surface area (Å²) in [5, 5.41) is 2.79. The fourth-order valence-electron chi connectivity index (χ4n) is 4.98. The molecule has 0 bridgehead atoms. The molecule has 1 aromatic heterocycles. The summed E-state index contributed by atoms with van der Waals surface area (Å²) in [4.78, 5) is 15.8. The Labute approximate surface area is 246 Å². The smallest absolute Gasteiger partial charge is 0.321 e. The molecule has 6 heteroatoms. The minimum Gasteiger partial charge on any atom is -0.494 e. The summed E-state index contributed by atoms with van der Waals surface area (Å²) in [6, 6.07) is 16.2. The van der Waals surface area contributed by atoms with Crippen LogP contribution in [0.15, 0.2) is 60.2 Å². The van der Waals surface area contributed by atoms with E-state index in [-0.39, 0.29) is 6.03 Å². The quantitative estimate of drug-likeness (QED) is 0.117. The molecule has 40 heavy (non-hydrogen) atoms. The third-order valence-electron chi connectivity index (χ3n) is 7.30. The minimum absolute atomic E-state index is 0.126. The summed E-state index contributed by atoms with van der Waals surface area (Å²) in [5.74, 6) is 0.871. The Morgan fingerprint density at radius 2 is 1.52 bits per heavy atom. The summed E-state index contributed by atoms with van der Waals surface area (Å²) in [7, 11) is 1.67. The largest absolute Gasteiger partial charge is 0.494 e. The lowest BCUT2D eigenvalue weighted by Crippen LogP contribution is -2.37. The first-order chi connectivity index (χ1) is 19.6. The Bertz CT molecular complexity index is 1110. The molecule has 0 spiro atoms. The zero-order chi connectivity index (χ0) is 28.4. The highest BCUT2D eigenvalue weighted by molar-refractivity contribution is 7.09. The van der Waals surface area contributed by atoms with Crippen LogP contribution in [0.1, 0.15) is 100.0 Å². The lowest BCUT2D eigenvalue weighted by molar-refractivity contribution is -0.683. The Morgan fingerprint density at radius 1 is 0.875 bits per heavy atom. The third-order valence-corrected chi connectivity index (χ3v) is 8.15. The van der Waals surface area contributed by atoms with Crippen LogP contribution in [0.25, 0.3) is 0 Å². The zero-order valence-corrected chi connectivity index (χ0v) is 25.8. The summed E-state index contributed by atoms with van der Waals surface area (Å²) in [6.07, 6.45) is 18.2. The highest BCUT2D eigenvalue weighted by Crippen LogP contribution is 2.22. The van der Waals surface area contributed by atoms with Crippen LogP contribution in [-0.4, -0.2) is 19.7 Å². The van der Waals surface area contributed by atoms with Crippen LogP contribution >= 0.6 is 11.3 Å². The molecule has 0 atom stereocenters. The van der Waals surface area contributed by atoms with E-state index in [1.807, 2.05) is 24.3 Å². The van der Waals surface area contributed by atoms with E-state index in [1.54, 1.807) is 23.3 Å². The molecule has 0 aliphatic carbocycles. The Morgan fingerprint density at radius 3 is 2.12 bits per heavy atom. The lowest BCUT2D eigenvalue weighted by Gasteiger charge is -2.23. The molecule has 0 fully saturated rings. The van der Waals surface area contributed by atoms with Crippen molar-refractivity contribution in [2.24, 2.45) is 0 Å². The van der Waals surface area contributed by atoms with Gasteiger partial charge in [-0.2, -0.15) is 4.57 Å². The maximum atomic E-state index is 12.8. The zero-order valence-electron chi connectivity index (χ0n) is 25.0. The first-order valence-electron chi connectivity index (χ1n) is 15.3. The van der Waals surface area contributed by atoms with Gasteiger partial charge in [0.05, 0.1) is 18.0 Å². The molecule has 1 N–H and O–H groups in total. The number of benzene rings is 2. The number of aromatic nitrogens is 1. The van der Waals surface area contributed by atoms with Gasteiger partial charge in [-0.15, -0.1) is 0 Å². The molecule has 0 aliphatic heterocycles. The second-order valence-electron chi connectivity index (χ2n) is 10.8. The van der Waals surface area contributed by atoms with E-state index in [9.17, 15) is 4.79 Å². The van der Waals surface area contributed by atoms with Gasteiger partial charge in [-0.3, -0.25) is 4.90 Å². The molecule has 3 rings (SSSR count). The van der Waals surface area contributed by atoms with E-state index in [0.29, 0.717) is 6.54 Å². The molecule has 0 aliphatic rings. The number of thiazole rings is 1. The topological polar surface area (TPSA) is 45.5 Å². The predicted octanol–water partition coefficient (Wildman–Crippen LogP) is 8.82. The maximum Gasteiger partial charge on any atom is 0.321 e. The van der Waals surface area contributed by atoms with E-state index in [4.69, 9.17) is 4.74 Å². The SMILES string of the molecule is CCCCCCCCCCCCCCOc1cccc(CN(C(=O)NC)c2ccc(C[n+]3csc(C)c3)cc2)c1. The number of amides is 2. The Hall–Kier alpha value is -2.86. The fourth-order valence-corrected chi connectivity index (χ4v) is 5.62. The highest BCUT2D eigenvalue weighted by atomic mass is 32.1. The van der Waals surface area contributed by atoms with Crippen LogP contribution in [0.3, 0.4) is 0 Å². The summed E-state index contributed by atoms with van der Waals surface area (Å²) < 4.78 is 8.25. The van der Waals surface area contributed by atoms with E-state index in [0.717, 1.165) is 36.6 Å². The standard InChI is InChI=1S/C34H49N3O2S/c1-4-5-6-7-8-9-10-11-12-13-14-15-23-39-33-18-16-17-31(24-33)27-37(34(38)35-3)32-21-19-30(20-22-32)26-36-25-29(2)40-28-36/h16-22,24-25,28H,4-15,23,26-27H2,1-3H3/p+1. The van der Waals surface area contributed by atoms with Crippen molar-refractivity contribution in [1.29, 1.82) is 0 Å². The minimum atomic E-state index is -0.126. The number of nitrogens with zero attached hydrogens (tertiary/aromatic N) is 2. The van der Waals surface area contributed by atoms with Crippen molar-refractivity contribution < 1.29 is 14.1 Å². The van der Waals surface area contributed by atoms with Gasteiger partial charge in [0, 0.05) is 18.3 Å². The molecule has 2 aromatic carbocycles. The maximum absolute atomic E-state index is 12.8. The Kier molecular flexibility index (Phi) is 14.6. The van der Waals surface area contributed by atoms with Gasteiger partial charge in [-0.05, 0) is 43.2 Å². The third kappa shape index (κ3) is 11.7. The molecule has 0 saturated heterocycles. The number of urea groups is 1. The normalized spacial score (nSPS) is 11.0. The number of carbonyl (C=O) groups is 1. The molecule has 1 heterocycles. The van der Waals surface area contributed by atoms with Crippen molar-refractivity contribution in [1.82, 2.24) is 5.32 Å². The number of rotatable bonds is 19. The van der Waals surface area contributed by atoms with E-state index in [2.05, 4.69) is 59.7 Å². The number of hydrogen-bond donors (Lipinski definition) is 1. The van der Waals surface area contributed by atoms with Gasteiger partial charge in [0.2, 0.25) is 5.51 Å². The molecule has 0 radical (unpaired) electrons. The molecule has 5 nitrogen and oxygen atoms in total. The van der Waals surface area contributed by atoms with Gasteiger partial charge in [-0.25, -0.2) is 4.79 Å². The van der Waals surface area contributed by atoms with Crippen molar-refractivity contribution >= 4 is 23.1 Å². The van der Waals surface area contributed by atoms with Crippen molar-refractivity contribution in [3.8, 4) is 5.75 Å². The van der Waals surface area contributed by atoms with Crippen LogP contribution in [0.4, 0.5) is 10.5 Å². The number of ether oxygens (including phenoxy) is 1. The second-order valence-corrected chi connectivity index (χ2v) is 11.9. The van der Waals surface area contributed by atoms with Crippen LogP contribution in [-0.2, 0) is 13.1 Å². The average Bonchev–Trinajstić information content (AvgIpc) is 3.38. The van der Waals surface area contributed by atoms with Crippen molar-refractivity contribution in [2.45, 2.75) is 104 Å². The molecule has 0 unspecified atom stereocenters. The first kappa shape index (κ1) is 31.7. The van der Waals surface area contributed by atoms with Gasteiger partial charge >= 0.3 is 6.03 Å². The van der Waals surface area contributed by atoms with E-state index >= 15 is 0 Å². The number of hydrogen-bond acceptors (Lipinski definition) is 3. The summed E-state index contributed by atoms with van der Waals surface area (Å²) in [5.41, 5.74) is 5.26. The summed E-state index contributed by atoms with van der Waals surface area (Å²) >= 11 is 1.75. The monoisotopic (exact) mass is 564 g/mol. The molecular formula is C34H50N3O2S+. The highest BCUT2D eigenvalue weighted by Gasteiger charge is 2.16. The van der Waals surface area contributed by atoms with Crippen LogP contribution in [0.5, 0.6) is 5.75 Å². The molecule has 2 amide bonds. The Balaban J connectivity index is 1.40. The van der Waals surface area contributed by atoms with Crippen molar-refractivity contribution in [3.63, 3.8) is 0 Å². The number of unbranched alkanes of at least 4 members (excludes halogenated alkanes) is 11.